The van der Waals surface area contributed by atoms with Crippen LogP contribution in [0.2, 0.25) is 0 Å². The highest BCUT2D eigenvalue weighted by molar-refractivity contribution is 7.80. The third-order valence-corrected chi connectivity index (χ3v) is 3.02. The number of rotatable bonds is 4. The van der Waals surface area contributed by atoms with Gasteiger partial charge in [-0.25, -0.2) is 0 Å². The van der Waals surface area contributed by atoms with Crippen LogP contribution in [0, 0.1) is 0 Å². The molecular weight excluding hydrogens is 282 g/mol. The molecule has 0 spiro atoms. The number of amides is 1. The van der Waals surface area contributed by atoms with E-state index in [0.29, 0.717) is 10.7 Å². The van der Waals surface area contributed by atoms with Crippen LogP contribution in [0.1, 0.15) is 17.3 Å². The van der Waals surface area contributed by atoms with Gasteiger partial charge in [0.15, 0.2) is 5.11 Å². The van der Waals surface area contributed by atoms with Crippen molar-refractivity contribution in [1.82, 2.24) is 5.32 Å². The van der Waals surface area contributed by atoms with Gasteiger partial charge in [-0.15, -0.1) is 0 Å². The first-order valence-electron chi connectivity index (χ1n) is 6.70. The maximum atomic E-state index is 12.0. The van der Waals surface area contributed by atoms with Gasteiger partial charge in [0.1, 0.15) is 0 Å². The molecule has 0 fully saturated rings. The molecule has 0 saturated carbocycles. The summed E-state index contributed by atoms with van der Waals surface area (Å²) in [6, 6.07) is 16.5. The van der Waals surface area contributed by atoms with Crippen molar-refractivity contribution in [3.05, 3.63) is 60.2 Å². The van der Waals surface area contributed by atoms with Gasteiger partial charge in [0, 0.05) is 23.5 Å². The summed E-state index contributed by atoms with van der Waals surface area (Å²) in [5, 5.41) is 9.51. The summed E-state index contributed by atoms with van der Waals surface area (Å²) < 4.78 is 0. The summed E-state index contributed by atoms with van der Waals surface area (Å²) in [5.41, 5.74) is 2.25. The Morgan fingerprint density at radius 1 is 0.952 bits per heavy atom. The van der Waals surface area contributed by atoms with Crippen LogP contribution in [-0.4, -0.2) is 17.6 Å². The number of nitrogens with one attached hydrogen (secondary N) is 3. The predicted molar refractivity (Wildman–Crippen MR) is 90.7 cm³/mol. The molecule has 2 aromatic rings. The second-order valence-electron chi connectivity index (χ2n) is 4.38. The first-order chi connectivity index (χ1) is 10.2. The van der Waals surface area contributed by atoms with E-state index in [2.05, 4.69) is 16.0 Å². The second-order valence-corrected chi connectivity index (χ2v) is 4.79. The van der Waals surface area contributed by atoms with Crippen LogP contribution in [0.25, 0.3) is 0 Å². The topological polar surface area (TPSA) is 53.2 Å². The normalized spacial score (nSPS) is 9.76. The molecule has 0 bridgehead atoms. The highest BCUT2D eigenvalue weighted by atomic mass is 32.1. The van der Waals surface area contributed by atoms with E-state index in [1.165, 1.54) is 0 Å². The molecule has 108 valence electrons. The average molecular weight is 299 g/mol. The molecule has 0 atom stereocenters. The molecule has 0 aliphatic heterocycles. The van der Waals surface area contributed by atoms with E-state index in [-0.39, 0.29) is 5.91 Å². The molecule has 0 heterocycles. The Bertz CT molecular complexity index is 611. The number of thiocarbonyl (C=S) groups is 1. The quantitative estimate of drug-likeness (QED) is 0.759. The number of carbonyl (C=O) groups excluding carboxylic acids is 1. The lowest BCUT2D eigenvalue weighted by atomic mass is 10.2. The lowest BCUT2D eigenvalue weighted by Gasteiger charge is -2.10. The van der Waals surface area contributed by atoms with Crippen molar-refractivity contribution in [1.29, 1.82) is 0 Å². The summed E-state index contributed by atoms with van der Waals surface area (Å²) in [4.78, 5) is 12.0. The molecule has 4 nitrogen and oxygen atoms in total. The number of hydrogen-bond donors (Lipinski definition) is 3. The fraction of sp³-hybridized carbons (Fsp3) is 0.125. The Balaban J connectivity index is 1.96. The third-order valence-electron chi connectivity index (χ3n) is 2.77. The van der Waals surface area contributed by atoms with Gasteiger partial charge in [0.25, 0.3) is 5.91 Å². The molecule has 0 aliphatic rings. The van der Waals surface area contributed by atoms with E-state index in [0.717, 1.165) is 17.9 Å². The van der Waals surface area contributed by atoms with E-state index in [9.17, 15) is 4.79 Å². The maximum Gasteiger partial charge on any atom is 0.255 e. The highest BCUT2D eigenvalue weighted by Gasteiger charge is 2.05. The molecule has 0 unspecified atom stereocenters. The van der Waals surface area contributed by atoms with Gasteiger partial charge in [0.05, 0.1) is 0 Å². The highest BCUT2D eigenvalue weighted by Crippen LogP contribution is 2.14. The summed E-state index contributed by atoms with van der Waals surface area (Å²) in [5.74, 6) is -0.125. The van der Waals surface area contributed by atoms with E-state index >= 15 is 0 Å². The number of carbonyl (C=O) groups is 1. The van der Waals surface area contributed by atoms with E-state index in [4.69, 9.17) is 12.2 Å². The van der Waals surface area contributed by atoms with Gasteiger partial charge in [-0.2, -0.15) is 0 Å². The van der Waals surface area contributed by atoms with Crippen molar-refractivity contribution in [2.45, 2.75) is 6.92 Å². The van der Waals surface area contributed by atoms with Crippen molar-refractivity contribution >= 4 is 34.6 Å². The van der Waals surface area contributed by atoms with Crippen molar-refractivity contribution in [3.8, 4) is 0 Å². The molecule has 0 aliphatic carbocycles. The smallest absolute Gasteiger partial charge is 0.255 e. The molecular formula is C16H17N3OS. The van der Waals surface area contributed by atoms with Crippen LogP contribution in [0.4, 0.5) is 11.4 Å². The van der Waals surface area contributed by atoms with Gasteiger partial charge in [-0.1, -0.05) is 18.2 Å². The minimum Gasteiger partial charge on any atom is -0.363 e. The first-order valence-corrected chi connectivity index (χ1v) is 7.11. The molecule has 21 heavy (non-hydrogen) atoms. The van der Waals surface area contributed by atoms with Gasteiger partial charge < -0.3 is 16.0 Å². The number of hydrogen-bond acceptors (Lipinski definition) is 2. The molecule has 2 aromatic carbocycles. The zero-order valence-corrected chi connectivity index (χ0v) is 12.5. The Labute approximate surface area is 129 Å². The van der Waals surface area contributed by atoms with E-state index in [1.54, 1.807) is 12.1 Å². The molecule has 2 rings (SSSR count). The Morgan fingerprint density at radius 2 is 1.52 bits per heavy atom. The third kappa shape index (κ3) is 4.57. The van der Waals surface area contributed by atoms with Crippen molar-refractivity contribution in [3.63, 3.8) is 0 Å². The van der Waals surface area contributed by atoms with Gasteiger partial charge in [0.2, 0.25) is 0 Å². The maximum absolute atomic E-state index is 12.0. The summed E-state index contributed by atoms with van der Waals surface area (Å²) in [6.45, 7) is 2.76. The molecule has 0 saturated heterocycles. The minimum absolute atomic E-state index is 0.125. The molecule has 0 radical (unpaired) electrons. The zero-order chi connectivity index (χ0) is 15.1. The SMILES string of the molecule is CCNC(=S)Nc1ccc(NC(=O)c2ccccc2)cc1. The minimum atomic E-state index is -0.125. The van der Waals surface area contributed by atoms with Crippen LogP contribution in [0.15, 0.2) is 54.6 Å². The Hall–Kier alpha value is -2.40. The van der Waals surface area contributed by atoms with Crippen molar-refractivity contribution in [2.24, 2.45) is 0 Å². The molecule has 5 heteroatoms. The largest absolute Gasteiger partial charge is 0.363 e. The Kier molecular flexibility index (Phi) is 5.29. The second kappa shape index (κ2) is 7.40. The fourth-order valence-electron chi connectivity index (χ4n) is 1.77. The van der Waals surface area contributed by atoms with Crippen LogP contribution in [-0.2, 0) is 0 Å². The summed E-state index contributed by atoms with van der Waals surface area (Å²) in [6.07, 6.45) is 0. The van der Waals surface area contributed by atoms with Crippen LogP contribution in [0.5, 0.6) is 0 Å². The zero-order valence-electron chi connectivity index (χ0n) is 11.7. The molecule has 0 aromatic heterocycles. The van der Waals surface area contributed by atoms with Gasteiger partial charge in [-0.3, -0.25) is 4.79 Å². The lowest BCUT2D eigenvalue weighted by Crippen LogP contribution is -2.27. The number of anilines is 2. The Morgan fingerprint density at radius 3 is 2.10 bits per heavy atom. The van der Waals surface area contributed by atoms with Crippen molar-refractivity contribution < 1.29 is 4.79 Å². The van der Waals surface area contributed by atoms with Gasteiger partial charge >= 0.3 is 0 Å². The molecule has 1 amide bonds. The standard InChI is InChI=1S/C16H17N3OS/c1-2-17-16(21)19-14-10-8-13(9-11-14)18-15(20)12-6-4-3-5-7-12/h3-11H,2H2,1H3,(H,18,20)(H2,17,19,21). The first kappa shape index (κ1) is 15.0. The van der Waals surface area contributed by atoms with E-state index in [1.807, 2.05) is 49.4 Å². The lowest BCUT2D eigenvalue weighted by molar-refractivity contribution is 0.102. The monoisotopic (exact) mass is 299 g/mol. The summed E-state index contributed by atoms with van der Waals surface area (Å²) >= 11 is 5.11. The van der Waals surface area contributed by atoms with Crippen LogP contribution < -0.4 is 16.0 Å². The molecule has 3 N–H and O–H groups in total. The predicted octanol–water partition coefficient (Wildman–Crippen LogP) is 3.25. The van der Waals surface area contributed by atoms with Crippen LogP contribution in [0.3, 0.4) is 0 Å². The summed E-state index contributed by atoms with van der Waals surface area (Å²) in [7, 11) is 0. The van der Waals surface area contributed by atoms with Crippen molar-refractivity contribution in [2.75, 3.05) is 17.2 Å². The average Bonchev–Trinajstić information content (AvgIpc) is 2.50. The number of benzene rings is 2. The fourth-order valence-corrected chi connectivity index (χ4v) is 2.03. The van der Waals surface area contributed by atoms with E-state index < -0.39 is 0 Å². The van der Waals surface area contributed by atoms with Gasteiger partial charge in [-0.05, 0) is 55.5 Å². The van der Waals surface area contributed by atoms with Crippen LogP contribution >= 0.6 is 12.2 Å².